The molecule has 6 heteroatoms. The van der Waals surface area contributed by atoms with Gasteiger partial charge in [-0.05, 0) is 24.5 Å². The van der Waals surface area contributed by atoms with Crippen LogP contribution in [0.4, 0.5) is 4.79 Å². The summed E-state index contributed by atoms with van der Waals surface area (Å²) in [4.78, 5) is 28.8. The molecule has 2 N–H and O–H groups in total. The highest BCUT2D eigenvalue weighted by atomic mass is 16.4. The van der Waals surface area contributed by atoms with Crippen LogP contribution in [0.15, 0.2) is 18.3 Å². The SMILES string of the molecule is Cc1cccnc1CNC(=O)N1CC(C)C(C(=O)O)C1. The van der Waals surface area contributed by atoms with Crippen molar-refractivity contribution in [2.75, 3.05) is 13.1 Å². The average Bonchev–Trinajstić information content (AvgIpc) is 2.80. The minimum Gasteiger partial charge on any atom is -0.481 e. The van der Waals surface area contributed by atoms with Crippen LogP contribution in [-0.4, -0.2) is 40.1 Å². The summed E-state index contributed by atoms with van der Waals surface area (Å²) in [7, 11) is 0. The first-order chi connectivity index (χ1) is 9.49. The molecule has 0 radical (unpaired) electrons. The Hall–Kier alpha value is -2.11. The molecule has 0 bridgehead atoms. The highest BCUT2D eigenvalue weighted by molar-refractivity contribution is 5.77. The van der Waals surface area contributed by atoms with Gasteiger partial charge in [0.15, 0.2) is 0 Å². The molecule has 1 aromatic rings. The number of urea groups is 1. The van der Waals surface area contributed by atoms with Crippen LogP contribution in [0.3, 0.4) is 0 Å². The summed E-state index contributed by atoms with van der Waals surface area (Å²) >= 11 is 0. The van der Waals surface area contributed by atoms with E-state index in [0.29, 0.717) is 13.1 Å². The van der Waals surface area contributed by atoms with Crippen LogP contribution in [-0.2, 0) is 11.3 Å². The number of nitrogens with zero attached hydrogens (tertiary/aromatic N) is 2. The summed E-state index contributed by atoms with van der Waals surface area (Å²) in [6.07, 6.45) is 1.69. The molecule has 2 atom stereocenters. The van der Waals surface area contributed by atoms with Crippen LogP contribution in [0.25, 0.3) is 0 Å². The number of aryl methyl sites for hydroxylation is 1. The van der Waals surface area contributed by atoms with E-state index >= 15 is 0 Å². The van der Waals surface area contributed by atoms with Crippen molar-refractivity contribution < 1.29 is 14.7 Å². The zero-order valence-corrected chi connectivity index (χ0v) is 11.7. The molecule has 0 spiro atoms. The first-order valence-electron chi connectivity index (χ1n) is 6.65. The van der Waals surface area contributed by atoms with Gasteiger partial charge in [0.1, 0.15) is 0 Å². The first kappa shape index (κ1) is 14.3. The van der Waals surface area contributed by atoms with Crippen molar-refractivity contribution in [1.82, 2.24) is 15.2 Å². The van der Waals surface area contributed by atoms with Crippen LogP contribution in [0.1, 0.15) is 18.2 Å². The van der Waals surface area contributed by atoms with E-state index in [0.717, 1.165) is 11.3 Å². The van der Waals surface area contributed by atoms with Gasteiger partial charge in [-0.2, -0.15) is 0 Å². The van der Waals surface area contributed by atoms with E-state index in [-0.39, 0.29) is 18.5 Å². The Kier molecular flexibility index (Phi) is 4.22. The highest BCUT2D eigenvalue weighted by Crippen LogP contribution is 2.23. The lowest BCUT2D eigenvalue weighted by molar-refractivity contribution is -0.142. The van der Waals surface area contributed by atoms with E-state index in [1.807, 2.05) is 26.0 Å². The lowest BCUT2D eigenvalue weighted by atomic mass is 9.99. The smallest absolute Gasteiger partial charge is 0.317 e. The Balaban J connectivity index is 1.90. The molecule has 2 rings (SSSR count). The summed E-state index contributed by atoms with van der Waals surface area (Å²) in [5.74, 6) is -1.33. The van der Waals surface area contributed by atoms with Crippen LogP contribution in [0, 0.1) is 18.8 Å². The summed E-state index contributed by atoms with van der Waals surface area (Å²) in [6.45, 7) is 4.89. The number of likely N-dealkylation sites (tertiary alicyclic amines) is 1. The van der Waals surface area contributed by atoms with Gasteiger partial charge in [0.25, 0.3) is 0 Å². The lowest BCUT2D eigenvalue weighted by Gasteiger charge is -2.17. The molecule has 0 saturated carbocycles. The minimum atomic E-state index is -0.839. The molecule has 1 saturated heterocycles. The largest absolute Gasteiger partial charge is 0.481 e. The number of carboxylic acids is 1. The number of pyridine rings is 1. The Morgan fingerprint density at radius 1 is 1.50 bits per heavy atom. The number of nitrogens with one attached hydrogen (secondary N) is 1. The zero-order chi connectivity index (χ0) is 14.7. The van der Waals surface area contributed by atoms with E-state index in [1.165, 1.54) is 0 Å². The monoisotopic (exact) mass is 277 g/mol. The van der Waals surface area contributed by atoms with Crippen LogP contribution in [0.2, 0.25) is 0 Å². The molecule has 1 aliphatic rings. The molecular formula is C14H19N3O3. The molecule has 1 aliphatic heterocycles. The predicted octanol–water partition coefficient (Wildman–Crippen LogP) is 1.25. The number of hydrogen-bond donors (Lipinski definition) is 2. The third-order valence-electron chi connectivity index (χ3n) is 3.74. The molecule has 2 amide bonds. The number of amides is 2. The molecule has 6 nitrogen and oxygen atoms in total. The molecule has 0 aromatic carbocycles. The Bertz CT molecular complexity index is 518. The van der Waals surface area contributed by atoms with Gasteiger partial charge in [0.05, 0.1) is 18.2 Å². The number of carbonyl (C=O) groups is 2. The quantitative estimate of drug-likeness (QED) is 0.871. The van der Waals surface area contributed by atoms with Crippen LogP contribution < -0.4 is 5.32 Å². The molecule has 1 aromatic heterocycles. The highest BCUT2D eigenvalue weighted by Gasteiger charge is 2.36. The Morgan fingerprint density at radius 2 is 2.25 bits per heavy atom. The fourth-order valence-corrected chi connectivity index (χ4v) is 2.43. The van der Waals surface area contributed by atoms with Gasteiger partial charge >= 0.3 is 12.0 Å². The average molecular weight is 277 g/mol. The van der Waals surface area contributed by atoms with Gasteiger partial charge < -0.3 is 15.3 Å². The molecule has 0 aliphatic carbocycles. The van der Waals surface area contributed by atoms with E-state index in [4.69, 9.17) is 5.11 Å². The number of carbonyl (C=O) groups excluding carboxylic acids is 1. The fraction of sp³-hybridized carbons (Fsp3) is 0.500. The van der Waals surface area contributed by atoms with Crippen LogP contribution >= 0.6 is 0 Å². The van der Waals surface area contributed by atoms with Gasteiger partial charge in [-0.15, -0.1) is 0 Å². The van der Waals surface area contributed by atoms with Gasteiger partial charge in [0.2, 0.25) is 0 Å². The minimum absolute atomic E-state index is 0.0187. The Labute approximate surface area is 117 Å². The molecular weight excluding hydrogens is 258 g/mol. The summed E-state index contributed by atoms with van der Waals surface area (Å²) < 4.78 is 0. The third-order valence-corrected chi connectivity index (χ3v) is 3.74. The van der Waals surface area contributed by atoms with Crippen molar-refractivity contribution in [2.24, 2.45) is 11.8 Å². The van der Waals surface area contributed by atoms with Gasteiger partial charge in [-0.3, -0.25) is 9.78 Å². The number of hydrogen-bond acceptors (Lipinski definition) is 3. The van der Waals surface area contributed by atoms with Crippen molar-refractivity contribution in [3.63, 3.8) is 0 Å². The van der Waals surface area contributed by atoms with Crippen molar-refractivity contribution in [2.45, 2.75) is 20.4 Å². The number of rotatable bonds is 3. The normalized spacial score (nSPS) is 21.8. The molecule has 108 valence electrons. The predicted molar refractivity (Wildman–Crippen MR) is 73.1 cm³/mol. The van der Waals surface area contributed by atoms with E-state index in [1.54, 1.807) is 11.1 Å². The van der Waals surface area contributed by atoms with E-state index in [2.05, 4.69) is 10.3 Å². The van der Waals surface area contributed by atoms with E-state index in [9.17, 15) is 9.59 Å². The first-order valence-corrected chi connectivity index (χ1v) is 6.65. The maximum Gasteiger partial charge on any atom is 0.317 e. The zero-order valence-electron chi connectivity index (χ0n) is 11.7. The second-order valence-corrected chi connectivity index (χ2v) is 5.25. The third kappa shape index (κ3) is 3.07. The lowest BCUT2D eigenvalue weighted by Crippen LogP contribution is -2.38. The topological polar surface area (TPSA) is 82.5 Å². The number of aliphatic carboxylic acids is 1. The second-order valence-electron chi connectivity index (χ2n) is 5.25. The number of carboxylic acid groups (broad SMARTS) is 1. The standard InChI is InChI=1S/C14H19N3O3/c1-9-4-3-5-15-12(9)6-16-14(20)17-7-10(2)11(8-17)13(18)19/h3-5,10-11H,6-8H2,1-2H3,(H,16,20)(H,18,19). The summed E-state index contributed by atoms with van der Waals surface area (Å²) in [5.41, 5.74) is 1.84. The molecule has 1 fully saturated rings. The molecule has 20 heavy (non-hydrogen) atoms. The van der Waals surface area contributed by atoms with Gasteiger partial charge in [-0.25, -0.2) is 4.79 Å². The molecule has 2 unspecified atom stereocenters. The van der Waals surface area contributed by atoms with Crippen molar-refractivity contribution in [3.8, 4) is 0 Å². The van der Waals surface area contributed by atoms with Crippen molar-refractivity contribution in [1.29, 1.82) is 0 Å². The summed E-state index contributed by atoms with van der Waals surface area (Å²) in [5, 5.41) is 11.9. The summed E-state index contributed by atoms with van der Waals surface area (Å²) in [6, 6.07) is 3.55. The number of aromatic nitrogens is 1. The fourth-order valence-electron chi connectivity index (χ4n) is 2.43. The van der Waals surface area contributed by atoms with E-state index < -0.39 is 11.9 Å². The van der Waals surface area contributed by atoms with Crippen molar-refractivity contribution in [3.05, 3.63) is 29.6 Å². The van der Waals surface area contributed by atoms with Gasteiger partial charge in [0, 0.05) is 19.3 Å². The second kappa shape index (κ2) is 5.90. The Morgan fingerprint density at radius 3 is 2.85 bits per heavy atom. The maximum absolute atomic E-state index is 12.0. The van der Waals surface area contributed by atoms with Crippen molar-refractivity contribution >= 4 is 12.0 Å². The van der Waals surface area contributed by atoms with Gasteiger partial charge in [-0.1, -0.05) is 13.0 Å². The van der Waals surface area contributed by atoms with Crippen LogP contribution in [0.5, 0.6) is 0 Å². The maximum atomic E-state index is 12.0. The molecule has 2 heterocycles.